The van der Waals surface area contributed by atoms with Gasteiger partial charge in [-0.3, -0.25) is 33.6 Å². The number of para-hydroxylation sites is 1. The first kappa shape index (κ1) is 43.4. The number of hydrogen-bond donors (Lipinski definition) is 10. The van der Waals surface area contributed by atoms with Crippen molar-refractivity contribution < 1.29 is 54.0 Å². The maximum Gasteiger partial charge on any atom is 0.246 e. The average Bonchev–Trinajstić information content (AvgIpc) is 3.69. The zero-order valence-electron chi connectivity index (χ0n) is 32.4. The summed E-state index contributed by atoms with van der Waals surface area (Å²) >= 11 is 1.15. The standard InChI is InChI=1S/C37H52N8O11S/c1-6-44-25-10-8-7-9-20(25)21-13-22-31(51)41-23(14-37(5,56)16-46)32(52)38-18(3)30(50)43-27(19(4)47)33(53)42-24(15-57-36(21)44)35(55)45-12-11-26(48)28(45)34(54)39-17(2)29(49)40-22/h7-10,17-19,22-24,26-28,46-48,56H,6,11-16H2,1-5H3,(H,38,52)(H,39,54)(H,40,49)(H,41,51)(H,42,53)(H,43,50). The van der Waals surface area contributed by atoms with Crippen LogP contribution >= 0.6 is 11.8 Å². The second kappa shape index (κ2) is 17.8. The third-order valence-electron chi connectivity index (χ3n) is 10.5. The van der Waals surface area contributed by atoms with Gasteiger partial charge in [-0.25, -0.2) is 0 Å². The van der Waals surface area contributed by atoms with Crippen LogP contribution in [0.1, 0.15) is 53.0 Å². The van der Waals surface area contributed by atoms with Crippen molar-refractivity contribution in [2.24, 2.45) is 0 Å². The summed E-state index contributed by atoms with van der Waals surface area (Å²) < 4.78 is 1.94. The largest absolute Gasteiger partial charge is 0.393 e. The maximum absolute atomic E-state index is 14.5. The Morgan fingerprint density at radius 3 is 2.14 bits per heavy atom. The van der Waals surface area contributed by atoms with E-state index in [1.165, 1.54) is 27.7 Å². The van der Waals surface area contributed by atoms with Gasteiger partial charge in [0.25, 0.3) is 0 Å². The number of benzene rings is 1. The van der Waals surface area contributed by atoms with Gasteiger partial charge >= 0.3 is 0 Å². The van der Waals surface area contributed by atoms with E-state index in [0.717, 1.165) is 22.2 Å². The minimum Gasteiger partial charge on any atom is -0.393 e. The summed E-state index contributed by atoms with van der Waals surface area (Å²) in [6.07, 6.45) is -3.55. The Hall–Kier alpha value is -4.76. The van der Waals surface area contributed by atoms with E-state index in [-0.39, 0.29) is 25.1 Å². The lowest BCUT2D eigenvalue weighted by Crippen LogP contribution is -2.62. The molecule has 7 amide bonds. The van der Waals surface area contributed by atoms with Crippen molar-refractivity contribution in [3.63, 3.8) is 0 Å². The van der Waals surface area contributed by atoms with Crippen LogP contribution in [0.3, 0.4) is 0 Å². The van der Waals surface area contributed by atoms with E-state index in [1.54, 1.807) is 6.07 Å². The highest BCUT2D eigenvalue weighted by Gasteiger charge is 2.45. The first-order valence-electron chi connectivity index (χ1n) is 18.9. The molecule has 1 aromatic carbocycles. The van der Waals surface area contributed by atoms with Gasteiger partial charge in [0.15, 0.2) is 0 Å². The highest BCUT2D eigenvalue weighted by atomic mass is 32.2. The van der Waals surface area contributed by atoms with E-state index in [1.807, 2.05) is 29.7 Å². The Balaban J connectivity index is 1.74. The van der Waals surface area contributed by atoms with E-state index in [0.29, 0.717) is 22.5 Å². The molecule has 0 spiro atoms. The molecule has 0 radical (unpaired) electrons. The molecule has 10 atom stereocenters. The van der Waals surface area contributed by atoms with Crippen molar-refractivity contribution in [2.75, 3.05) is 18.9 Å². The minimum absolute atomic E-state index is 0.00891. The SMILES string of the molecule is CCn1c2c(c3ccccc31)CC1NC(=O)C(C)NC(=O)C3C(O)CCN3C(=O)C(CS2)NC(=O)C(C(C)O)NC(=O)C(C)NC(=O)C(CC(C)(O)CO)NC1=O. The Bertz CT molecular complexity index is 1900. The fourth-order valence-electron chi connectivity index (χ4n) is 7.29. The third kappa shape index (κ3) is 9.52. The topological polar surface area (TPSA) is 281 Å². The average molecular weight is 817 g/mol. The normalized spacial score (nSPS) is 30.1. The van der Waals surface area contributed by atoms with Crippen LogP contribution in [0.2, 0.25) is 0 Å². The molecule has 20 heteroatoms. The molecule has 0 saturated carbocycles. The lowest BCUT2D eigenvalue weighted by molar-refractivity contribution is -0.144. The van der Waals surface area contributed by atoms with Crippen molar-refractivity contribution in [3.05, 3.63) is 29.8 Å². The molecule has 3 aliphatic rings. The van der Waals surface area contributed by atoms with E-state index in [2.05, 4.69) is 31.9 Å². The van der Waals surface area contributed by atoms with Gasteiger partial charge in [0.05, 0.1) is 29.4 Å². The summed E-state index contributed by atoms with van der Waals surface area (Å²) in [5.41, 5.74) is -0.571. The molecule has 312 valence electrons. The molecule has 1 saturated heterocycles. The number of aliphatic hydroxyl groups is 4. The summed E-state index contributed by atoms with van der Waals surface area (Å²) in [4.78, 5) is 98.7. The zero-order valence-corrected chi connectivity index (χ0v) is 33.2. The molecule has 19 nitrogen and oxygen atoms in total. The smallest absolute Gasteiger partial charge is 0.246 e. The Morgan fingerprint density at radius 1 is 0.860 bits per heavy atom. The second-order valence-electron chi connectivity index (χ2n) is 15.1. The van der Waals surface area contributed by atoms with Crippen molar-refractivity contribution in [2.45, 2.75) is 126 Å². The van der Waals surface area contributed by atoms with Crippen LogP contribution in [0.5, 0.6) is 0 Å². The molecule has 2 bridgehead atoms. The van der Waals surface area contributed by atoms with Crippen LogP contribution in [-0.2, 0) is 46.5 Å². The Kier molecular flexibility index (Phi) is 13.5. The highest BCUT2D eigenvalue weighted by Crippen LogP contribution is 2.35. The first-order valence-corrected chi connectivity index (χ1v) is 19.9. The van der Waals surface area contributed by atoms with Crippen LogP contribution < -0.4 is 31.9 Å². The predicted molar refractivity (Wildman–Crippen MR) is 205 cm³/mol. The van der Waals surface area contributed by atoms with E-state index < -0.39 is 114 Å². The lowest BCUT2D eigenvalue weighted by Gasteiger charge is -2.31. The fraction of sp³-hybridized carbons (Fsp3) is 0.595. The number of thioether (sulfide) groups is 1. The summed E-state index contributed by atoms with van der Waals surface area (Å²) in [6.45, 7) is 6.54. The monoisotopic (exact) mass is 816 g/mol. The van der Waals surface area contributed by atoms with E-state index in [4.69, 9.17) is 0 Å². The molecule has 3 aliphatic heterocycles. The summed E-state index contributed by atoms with van der Waals surface area (Å²) in [5, 5.41) is 58.9. The van der Waals surface area contributed by atoms with E-state index >= 15 is 0 Å². The van der Waals surface area contributed by atoms with Crippen molar-refractivity contribution in [1.82, 2.24) is 41.4 Å². The number of aliphatic hydroxyl groups excluding tert-OH is 3. The number of carbonyl (C=O) groups is 7. The minimum atomic E-state index is -1.90. The van der Waals surface area contributed by atoms with Gasteiger partial charge in [-0.15, -0.1) is 11.8 Å². The summed E-state index contributed by atoms with van der Waals surface area (Å²) in [6, 6.07) is -2.89. The van der Waals surface area contributed by atoms with Crippen molar-refractivity contribution in [1.29, 1.82) is 0 Å². The third-order valence-corrected chi connectivity index (χ3v) is 11.7. The molecule has 57 heavy (non-hydrogen) atoms. The van der Waals surface area contributed by atoms with Gasteiger partial charge in [0, 0.05) is 42.6 Å². The molecule has 1 aromatic heterocycles. The number of rotatable bonds is 5. The van der Waals surface area contributed by atoms with Crippen LogP contribution in [0.15, 0.2) is 29.3 Å². The molecule has 2 aromatic rings. The molecule has 10 N–H and O–H groups in total. The van der Waals surface area contributed by atoms with Crippen LogP contribution in [0, 0.1) is 0 Å². The number of amides is 7. The van der Waals surface area contributed by atoms with Gasteiger partial charge in [-0.05, 0) is 52.7 Å². The summed E-state index contributed by atoms with van der Waals surface area (Å²) in [5.74, 6) is -6.30. The predicted octanol–water partition coefficient (Wildman–Crippen LogP) is -3.25. The van der Waals surface area contributed by atoms with Crippen LogP contribution in [0.25, 0.3) is 10.9 Å². The van der Waals surface area contributed by atoms with Crippen molar-refractivity contribution >= 4 is 64.0 Å². The lowest BCUT2D eigenvalue weighted by atomic mass is 9.96. The molecule has 1 fully saturated rings. The second-order valence-corrected chi connectivity index (χ2v) is 16.1. The molecule has 4 heterocycles. The van der Waals surface area contributed by atoms with Gasteiger partial charge in [0.2, 0.25) is 41.4 Å². The highest BCUT2D eigenvalue weighted by molar-refractivity contribution is 7.99. The quantitative estimate of drug-likeness (QED) is 0.143. The summed E-state index contributed by atoms with van der Waals surface area (Å²) in [7, 11) is 0. The Morgan fingerprint density at radius 2 is 1.49 bits per heavy atom. The molecule has 10 unspecified atom stereocenters. The number of nitrogens with zero attached hydrogens (tertiary/aromatic N) is 2. The first-order chi connectivity index (χ1) is 26.9. The number of hydrogen-bond acceptors (Lipinski definition) is 12. The maximum atomic E-state index is 14.5. The number of aromatic nitrogens is 1. The van der Waals surface area contributed by atoms with Gasteiger partial charge < -0.3 is 61.8 Å². The molecule has 0 aliphatic carbocycles. The number of carbonyl (C=O) groups excluding carboxylic acids is 7. The molecular weight excluding hydrogens is 765 g/mol. The molecular formula is C37H52N8O11S. The van der Waals surface area contributed by atoms with Gasteiger partial charge in [-0.1, -0.05) is 18.2 Å². The van der Waals surface area contributed by atoms with Gasteiger partial charge in [0.1, 0.15) is 42.3 Å². The van der Waals surface area contributed by atoms with E-state index in [9.17, 15) is 54.0 Å². The number of fused-ring (bicyclic) bond motifs is 5. The Labute approximate surface area is 333 Å². The van der Waals surface area contributed by atoms with Crippen LogP contribution in [0.4, 0.5) is 0 Å². The van der Waals surface area contributed by atoms with Gasteiger partial charge in [-0.2, -0.15) is 0 Å². The van der Waals surface area contributed by atoms with Crippen molar-refractivity contribution in [3.8, 4) is 0 Å². The fourth-order valence-corrected chi connectivity index (χ4v) is 8.59. The number of aryl methyl sites for hydroxylation is 1. The zero-order chi connectivity index (χ0) is 41.9. The number of nitrogens with one attached hydrogen (secondary N) is 6. The van der Waals surface area contributed by atoms with Crippen LogP contribution in [-0.4, -0.2) is 150 Å². The molecule has 5 rings (SSSR count).